The van der Waals surface area contributed by atoms with E-state index >= 15 is 0 Å². The number of thiophene rings is 1. The molecule has 654 valence electrons. The summed E-state index contributed by atoms with van der Waals surface area (Å²) in [6.45, 7) is 0. The van der Waals surface area contributed by atoms with Crippen LogP contribution in [0.4, 0.5) is 0 Å². The number of rotatable bonds is 8. The van der Waals surface area contributed by atoms with Gasteiger partial charge in [0.2, 0.25) is 5.95 Å². The first-order chi connectivity index (χ1) is 70.0. The molecular weight excluding hydrogens is 1740 g/mol. The van der Waals surface area contributed by atoms with Gasteiger partial charge in [0.05, 0.1) is 71.4 Å². The zero-order chi connectivity index (χ0) is 92.4. The number of hydrogen-bond acceptors (Lipinski definition) is 8. The minimum Gasteiger partial charge on any atom is -0.454 e. The van der Waals surface area contributed by atoms with Crippen LogP contribution < -0.4 is 0 Å². The van der Waals surface area contributed by atoms with Crippen LogP contribution in [-0.2, 0) is 0 Å². The first-order valence-corrected chi connectivity index (χ1v) is 48.6. The van der Waals surface area contributed by atoms with Crippen LogP contribution in [0.25, 0.3) is 290 Å². The molecule has 31 rings (SSSR count). The highest BCUT2D eigenvalue weighted by molar-refractivity contribution is 7.27. The predicted molar refractivity (Wildman–Crippen MR) is 592 cm³/mol. The van der Waals surface area contributed by atoms with Gasteiger partial charge < -0.3 is 13.6 Å². The van der Waals surface area contributed by atoms with Gasteiger partial charge in [-0.05, 0) is 172 Å². The zero-order valence-electron chi connectivity index (χ0n) is 75.8. The van der Waals surface area contributed by atoms with Gasteiger partial charge in [-0.1, -0.05) is 370 Å². The summed E-state index contributed by atoms with van der Waals surface area (Å²) in [4.78, 5) is 31.2. The van der Waals surface area contributed by atoms with E-state index in [1.807, 2.05) is 41.7 Å². The van der Waals surface area contributed by atoms with Crippen molar-refractivity contribution in [3.05, 3.63) is 467 Å². The van der Waals surface area contributed by atoms with Gasteiger partial charge in [0.15, 0.2) is 17.2 Å². The molecule has 0 saturated carbocycles. The topological polar surface area (TPSA) is 105 Å². The summed E-state index contributed by atoms with van der Waals surface area (Å²) in [6.07, 6.45) is 0. The first-order valence-electron chi connectivity index (χ1n) is 47.8. The number of hydrogen-bond donors (Lipinski definition) is 0. The Kier molecular flexibility index (Phi) is 18.1. The van der Waals surface area contributed by atoms with Crippen molar-refractivity contribution in [2.24, 2.45) is 0 Å². The summed E-state index contributed by atoms with van der Waals surface area (Å²) >= 11 is 1.86. The van der Waals surface area contributed by atoms with Crippen LogP contribution in [0.2, 0.25) is 0 Å². The maximum Gasteiger partial charge on any atom is 0.235 e. The number of furan rings is 1. The average Bonchev–Trinajstić information content (AvgIpc) is 1.52. The monoisotopic (exact) mass is 1810 g/mol. The molecule has 0 fully saturated rings. The van der Waals surface area contributed by atoms with Crippen LogP contribution in [-0.4, -0.2) is 43.6 Å². The molecule has 0 aliphatic carbocycles. The Balaban J connectivity index is 0.000000101. The van der Waals surface area contributed by atoms with Crippen LogP contribution >= 0.6 is 11.3 Å². The molecule has 0 spiro atoms. The smallest absolute Gasteiger partial charge is 0.235 e. The van der Waals surface area contributed by atoms with Crippen molar-refractivity contribution >= 4 is 227 Å². The molecule has 31 aromatic rings. The molecule has 0 unspecified atom stereocenters. The minimum atomic E-state index is 0.687. The summed E-state index contributed by atoms with van der Waals surface area (Å²) in [5.41, 5.74) is 21.5. The van der Waals surface area contributed by atoms with Gasteiger partial charge in [0, 0.05) is 114 Å². The van der Waals surface area contributed by atoms with Gasteiger partial charge in [0.25, 0.3) is 0 Å². The van der Waals surface area contributed by atoms with Crippen molar-refractivity contribution in [3.8, 4) is 73.9 Å². The van der Waals surface area contributed by atoms with E-state index in [2.05, 4.69) is 450 Å². The van der Waals surface area contributed by atoms with E-state index in [1.54, 1.807) is 0 Å². The third-order valence-corrected chi connectivity index (χ3v) is 29.9. The Morgan fingerprint density at radius 3 is 1.13 bits per heavy atom. The van der Waals surface area contributed by atoms with Gasteiger partial charge in [-0.2, -0.15) is 0 Å². The quantitative estimate of drug-likeness (QED) is 0.149. The molecule has 8 heterocycles. The lowest BCUT2D eigenvalue weighted by Gasteiger charge is -2.12. The number of aromatic nitrogens is 9. The molecule has 11 heteroatoms. The van der Waals surface area contributed by atoms with Crippen molar-refractivity contribution < 1.29 is 4.42 Å². The third-order valence-electron chi connectivity index (χ3n) is 28.7. The second-order valence-electron chi connectivity index (χ2n) is 36.5. The van der Waals surface area contributed by atoms with E-state index in [4.69, 9.17) is 34.3 Å². The average molecular weight is 1810 g/mol. The lowest BCUT2D eigenvalue weighted by atomic mass is 9.97. The van der Waals surface area contributed by atoms with E-state index in [9.17, 15) is 0 Å². The largest absolute Gasteiger partial charge is 0.454 e. The Morgan fingerprint density at radius 1 is 0.199 bits per heavy atom. The van der Waals surface area contributed by atoms with E-state index < -0.39 is 0 Å². The van der Waals surface area contributed by atoms with Gasteiger partial charge in [0.1, 0.15) is 5.58 Å². The van der Waals surface area contributed by atoms with Crippen molar-refractivity contribution in [1.29, 1.82) is 0 Å². The van der Waals surface area contributed by atoms with E-state index in [0.29, 0.717) is 17.6 Å². The molecule has 0 radical (unpaired) electrons. The van der Waals surface area contributed by atoms with E-state index in [0.717, 1.165) is 127 Å². The Hall–Kier alpha value is -18.7. The molecule has 23 aromatic carbocycles. The van der Waals surface area contributed by atoms with Crippen LogP contribution in [0.3, 0.4) is 0 Å². The number of benzene rings is 23. The molecule has 0 N–H and O–H groups in total. The molecule has 8 aromatic heterocycles. The molecule has 141 heavy (non-hydrogen) atoms. The zero-order valence-corrected chi connectivity index (χ0v) is 76.6. The first kappa shape index (κ1) is 79.7. The lowest BCUT2D eigenvalue weighted by Crippen LogP contribution is -2.03. The van der Waals surface area contributed by atoms with Crippen LogP contribution in [0, 0.1) is 0 Å². The van der Waals surface area contributed by atoms with Gasteiger partial charge in [-0.15, -0.1) is 11.3 Å². The van der Waals surface area contributed by atoms with Gasteiger partial charge >= 0.3 is 0 Å². The minimum absolute atomic E-state index is 0.687. The molecule has 0 amide bonds. The standard InChI is InChI=1S/C46H27N3O.C44H27N3.C40H23N3S/c1-2-13-29(14-3-1)43-35-18-8-10-20-37(35)47-46(48-43)30-22-25-31(26-23-30)49-38-27-24-28-12-4-5-15-32(28)41(38)42-34-17-7-6-16-33(34)40-36-19-9-11-21-39(36)50-45(40)44(42)49;1-2-13-31-26-32(21-20-28(31)10-1)43-37-18-7-8-19-38(37)45-44(46-43)33-14-9-15-34(27-33)47-39-24-22-29-11-3-5-16-35(29)41(39)42-36-17-6-4-12-30(36)23-25-40(42)47;1-2-13-25(14-3-1)37-29-18-8-10-20-31(29)41-40(42-37)43-32-23-22-24-12-4-5-15-26(24)35(32)36-28-17-7-6-16-27(28)34-30-19-9-11-21-33(30)44-39(34)38(36)43/h1-27H;1-27H;1-23H. The van der Waals surface area contributed by atoms with Crippen molar-refractivity contribution in [3.63, 3.8) is 0 Å². The summed E-state index contributed by atoms with van der Waals surface area (Å²) in [5, 5.41) is 32.8. The highest BCUT2D eigenvalue weighted by Crippen LogP contribution is 2.53. The highest BCUT2D eigenvalue weighted by atomic mass is 32.1. The maximum absolute atomic E-state index is 6.83. The second kappa shape index (κ2) is 32.0. The lowest BCUT2D eigenvalue weighted by molar-refractivity contribution is 0.671. The normalized spacial score (nSPS) is 12.0. The van der Waals surface area contributed by atoms with Gasteiger partial charge in [-0.3, -0.25) is 4.57 Å². The van der Waals surface area contributed by atoms with E-state index in [1.165, 1.54) is 144 Å². The predicted octanol–water partition coefficient (Wildman–Crippen LogP) is 34.9. The SMILES string of the molecule is c1cc(-c2nc(-c3ccc4ccccc4c3)c3ccccc3n2)cc(-n2c3ccc4ccccc4c3c3c4ccccc4ccc32)c1.c1ccc(-c2nc(-c3ccc(-n4c5ccc6ccccc6c5c5c6ccccc6c6c7ccccc7oc6c54)cc3)nc3ccccc23)cc1.c1ccc(-c2nc(-n3c4ccc5ccccc5c4c4c5ccccc5c5c6ccccc6sc5c43)nc3ccccc23)cc1. The molecule has 0 aliphatic rings. The van der Waals surface area contributed by atoms with Gasteiger partial charge in [-0.25, -0.2) is 29.9 Å². The van der Waals surface area contributed by atoms with Crippen LogP contribution in [0.1, 0.15) is 0 Å². The van der Waals surface area contributed by atoms with Crippen LogP contribution in [0.15, 0.2) is 472 Å². The Labute approximate surface area is 810 Å². The Bertz CT molecular complexity index is 10600. The second-order valence-corrected chi connectivity index (χ2v) is 37.5. The van der Waals surface area contributed by atoms with Crippen molar-refractivity contribution in [2.75, 3.05) is 0 Å². The number of fused-ring (bicyclic) bond motifs is 35. The third kappa shape index (κ3) is 12.6. The summed E-state index contributed by atoms with van der Waals surface area (Å²) in [6, 6.07) is 166. The maximum atomic E-state index is 6.83. The number of nitrogens with zero attached hydrogens (tertiary/aromatic N) is 9. The summed E-state index contributed by atoms with van der Waals surface area (Å²) in [7, 11) is 0. The number of para-hydroxylation sites is 4. The fourth-order valence-corrected chi connectivity index (χ4v) is 23.7. The molecule has 0 atom stereocenters. The highest BCUT2D eigenvalue weighted by Gasteiger charge is 2.29. The Morgan fingerprint density at radius 2 is 0.582 bits per heavy atom. The van der Waals surface area contributed by atoms with Crippen molar-refractivity contribution in [1.82, 2.24) is 43.6 Å². The summed E-state index contributed by atoms with van der Waals surface area (Å²) in [5.74, 6) is 2.10. The molecule has 0 bridgehead atoms. The molecule has 10 nitrogen and oxygen atoms in total. The molecule has 0 saturated heterocycles. The molecular formula is C130H77N9OS. The molecule has 0 aliphatic heterocycles. The summed E-state index contributed by atoms with van der Waals surface area (Å²) < 4.78 is 16.5. The fourth-order valence-electron chi connectivity index (χ4n) is 22.5. The van der Waals surface area contributed by atoms with E-state index in [-0.39, 0.29) is 0 Å². The fraction of sp³-hybridized carbons (Fsp3) is 0. The van der Waals surface area contributed by atoms with Crippen molar-refractivity contribution in [2.45, 2.75) is 0 Å². The van der Waals surface area contributed by atoms with Crippen LogP contribution in [0.5, 0.6) is 0 Å².